The summed E-state index contributed by atoms with van der Waals surface area (Å²) in [7, 11) is 0. The van der Waals surface area contributed by atoms with Gasteiger partial charge in [0.05, 0.1) is 29.9 Å². The van der Waals surface area contributed by atoms with Crippen LogP contribution in [0.1, 0.15) is 35.2 Å². The topological polar surface area (TPSA) is 127 Å². The molecule has 0 spiro atoms. The summed E-state index contributed by atoms with van der Waals surface area (Å²) >= 11 is 0. The number of H-pyrrole nitrogens is 1. The molecule has 7 heteroatoms. The average molecular weight is 325 g/mol. The number of aliphatic carboxylic acids is 2. The first kappa shape index (κ1) is 17.0. The first-order valence-corrected chi connectivity index (χ1v) is 7.20. The summed E-state index contributed by atoms with van der Waals surface area (Å²) in [5.74, 6) is -3.65. The molecule has 1 aliphatic carbocycles. The van der Waals surface area contributed by atoms with Gasteiger partial charge in [0, 0.05) is 0 Å². The van der Waals surface area contributed by atoms with Crippen LogP contribution in [0.15, 0.2) is 30.7 Å². The number of fused-ring (bicyclic) bond motifs is 1. The normalized spacial score (nSPS) is 14.0. The number of aromatic nitrogens is 2. The Hall–Kier alpha value is -3.40. The van der Waals surface area contributed by atoms with Crippen molar-refractivity contribution in [3.8, 4) is 6.07 Å². The SMILES string of the molecule is N#Cc1ccc2c(c1)/C(=C\c1cnc[nH]1)CCC2.O=C(O)C(=O)O. The Balaban J connectivity index is 0.000000301. The van der Waals surface area contributed by atoms with Crippen molar-refractivity contribution in [3.05, 3.63) is 53.1 Å². The van der Waals surface area contributed by atoms with Gasteiger partial charge in [-0.1, -0.05) is 6.07 Å². The minimum Gasteiger partial charge on any atom is -0.473 e. The van der Waals surface area contributed by atoms with Crippen LogP contribution in [0.25, 0.3) is 11.6 Å². The van der Waals surface area contributed by atoms with Gasteiger partial charge in [0.15, 0.2) is 0 Å². The fourth-order valence-corrected chi connectivity index (χ4v) is 2.45. The number of benzene rings is 1. The van der Waals surface area contributed by atoms with E-state index in [0.717, 1.165) is 24.1 Å². The van der Waals surface area contributed by atoms with Crippen molar-refractivity contribution in [1.82, 2.24) is 9.97 Å². The molecule has 0 fully saturated rings. The van der Waals surface area contributed by atoms with Gasteiger partial charge >= 0.3 is 11.9 Å². The van der Waals surface area contributed by atoms with Crippen molar-refractivity contribution in [3.63, 3.8) is 0 Å². The molecule has 7 nitrogen and oxygen atoms in total. The van der Waals surface area contributed by atoms with Crippen molar-refractivity contribution < 1.29 is 19.8 Å². The lowest BCUT2D eigenvalue weighted by atomic mass is 9.86. The Morgan fingerprint density at radius 1 is 1.25 bits per heavy atom. The monoisotopic (exact) mass is 325 g/mol. The molecule has 0 radical (unpaired) electrons. The van der Waals surface area contributed by atoms with Gasteiger partial charge in [0.1, 0.15) is 0 Å². The van der Waals surface area contributed by atoms with Crippen molar-refractivity contribution in [2.45, 2.75) is 19.3 Å². The minimum atomic E-state index is -1.82. The molecule has 1 heterocycles. The summed E-state index contributed by atoms with van der Waals surface area (Å²) in [6, 6.07) is 8.18. The van der Waals surface area contributed by atoms with Crippen molar-refractivity contribution >= 4 is 23.6 Å². The molecular formula is C17H15N3O4. The van der Waals surface area contributed by atoms with Crippen LogP contribution in [0.4, 0.5) is 0 Å². The third-order valence-electron chi connectivity index (χ3n) is 3.51. The van der Waals surface area contributed by atoms with E-state index in [1.807, 2.05) is 18.3 Å². The molecule has 3 rings (SSSR count). The van der Waals surface area contributed by atoms with E-state index in [4.69, 9.17) is 25.1 Å². The number of rotatable bonds is 1. The molecule has 2 aromatic rings. The predicted molar refractivity (Wildman–Crippen MR) is 85.8 cm³/mol. The van der Waals surface area contributed by atoms with Crippen LogP contribution in [0.3, 0.4) is 0 Å². The molecule has 0 saturated heterocycles. The number of aryl methyl sites for hydroxylation is 1. The molecule has 0 bridgehead atoms. The molecule has 122 valence electrons. The second-order valence-electron chi connectivity index (χ2n) is 5.12. The first-order chi connectivity index (χ1) is 11.5. The highest BCUT2D eigenvalue weighted by molar-refractivity contribution is 6.27. The lowest BCUT2D eigenvalue weighted by molar-refractivity contribution is -0.159. The average Bonchev–Trinajstić information content (AvgIpc) is 3.08. The maximum absolute atomic E-state index is 9.10. The Labute approximate surface area is 137 Å². The van der Waals surface area contributed by atoms with Gasteiger partial charge in [-0.15, -0.1) is 0 Å². The largest absolute Gasteiger partial charge is 0.473 e. The zero-order valence-corrected chi connectivity index (χ0v) is 12.7. The summed E-state index contributed by atoms with van der Waals surface area (Å²) in [5.41, 5.74) is 5.59. The second kappa shape index (κ2) is 7.74. The maximum Gasteiger partial charge on any atom is 0.414 e. The number of nitriles is 1. The maximum atomic E-state index is 9.10. The molecule has 0 saturated carbocycles. The van der Waals surface area contributed by atoms with Crippen LogP contribution in [-0.2, 0) is 16.0 Å². The third-order valence-corrected chi connectivity index (χ3v) is 3.51. The van der Waals surface area contributed by atoms with Crippen LogP contribution < -0.4 is 0 Å². The zero-order chi connectivity index (χ0) is 17.5. The van der Waals surface area contributed by atoms with Crippen molar-refractivity contribution in [2.24, 2.45) is 0 Å². The molecule has 0 atom stereocenters. The Kier molecular flexibility index (Phi) is 5.47. The van der Waals surface area contributed by atoms with E-state index in [2.05, 4.69) is 28.2 Å². The highest BCUT2D eigenvalue weighted by Gasteiger charge is 2.14. The van der Waals surface area contributed by atoms with Gasteiger partial charge in [-0.2, -0.15) is 5.26 Å². The number of hydrogen-bond donors (Lipinski definition) is 3. The van der Waals surface area contributed by atoms with Gasteiger partial charge in [-0.05, 0) is 54.2 Å². The van der Waals surface area contributed by atoms with Gasteiger partial charge in [-0.25, -0.2) is 14.6 Å². The molecule has 0 unspecified atom stereocenters. The van der Waals surface area contributed by atoms with E-state index in [0.29, 0.717) is 0 Å². The van der Waals surface area contributed by atoms with Crippen molar-refractivity contribution in [2.75, 3.05) is 0 Å². The molecule has 0 aliphatic heterocycles. The molecule has 3 N–H and O–H groups in total. The van der Waals surface area contributed by atoms with E-state index in [-0.39, 0.29) is 0 Å². The Bertz CT molecular complexity index is 805. The van der Waals surface area contributed by atoms with Crippen LogP contribution >= 0.6 is 0 Å². The lowest BCUT2D eigenvalue weighted by Crippen LogP contribution is -2.09. The Morgan fingerprint density at radius 3 is 2.58 bits per heavy atom. The number of hydrogen-bond acceptors (Lipinski definition) is 4. The minimum absolute atomic E-state index is 0.728. The van der Waals surface area contributed by atoms with E-state index in [1.54, 1.807) is 6.33 Å². The highest BCUT2D eigenvalue weighted by Crippen LogP contribution is 2.32. The van der Waals surface area contributed by atoms with Gasteiger partial charge in [-0.3, -0.25) is 0 Å². The number of carboxylic acids is 2. The van der Waals surface area contributed by atoms with Crippen molar-refractivity contribution in [1.29, 1.82) is 5.26 Å². The van der Waals surface area contributed by atoms with Gasteiger partial charge in [0.25, 0.3) is 0 Å². The van der Waals surface area contributed by atoms with Gasteiger partial charge in [0.2, 0.25) is 0 Å². The molecule has 1 aromatic heterocycles. The first-order valence-electron chi connectivity index (χ1n) is 7.20. The van der Waals surface area contributed by atoms with E-state index >= 15 is 0 Å². The summed E-state index contributed by atoms with van der Waals surface area (Å²) in [6.07, 6.45) is 8.95. The van der Waals surface area contributed by atoms with Crippen LogP contribution in [0.5, 0.6) is 0 Å². The molecule has 1 aliphatic rings. The smallest absolute Gasteiger partial charge is 0.414 e. The predicted octanol–water partition coefficient (Wildman–Crippen LogP) is 2.31. The summed E-state index contributed by atoms with van der Waals surface area (Å²) in [5, 5.41) is 23.8. The van der Waals surface area contributed by atoms with E-state index in [9.17, 15) is 0 Å². The molecular weight excluding hydrogens is 310 g/mol. The summed E-state index contributed by atoms with van der Waals surface area (Å²) < 4.78 is 0. The lowest BCUT2D eigenvalue weighted by Gasteiger charge is -2.19. The Morgan fingerprint density at radius 2 is 2.00 bits per heavy atom. The fraction of sp³-hybridized carbons (Fsp3) is 0.176. The second-order valence-corrected chi connectivity index (χ2v) is 5.12. The molecule has 1 aromatic carbocycles. The number of imidazole rings is 1. The number of allylic oxidation sites excluding steroid dienone is 1. The van der Waals surface area contributed by atoms with Gasteiger partial charge < -0.3 is 15.2 Å². The standard InChI is InChI=1S/C15H13N3.C2H2O4/c16-8-11-4-5-12-2-1-3-13(15(12)6-11)7-14-9-17-10-18-14;3-1(4)2(5)6/h4-7,9-10H,1-3H2,(H,17,18);(H,3,4)(H,5,6)/b13-7-;. The van der Waals surface area contributed by atoms with Crippen LogP contribution in [-0.4, -0.2) is 32.1 Å². The van der Waals surface area contributed by atoms with Crippen LogP contribution in [0, 0.1) is 11.3 Å². The third kappa shape index (κ3) is 4.30. The number of carbonyl (C=O) groups is 2. The number of carboxylic acid groups (broad SMARTS) is 2. The number of nitrogens with zero attached hydrogens (tertiary/aromatic N) is 2. The fourth-order valence-electron chi connectivity index (χ4n) is 2.45. The molecule has 0 amide bonds. The van der Waals surface area contributed by atoms with E-state index in [1.165, 1.54) is 23.1 Å². The zero-order valence-electron chi connectivity index (χ0n) is 12.7. The molecule has 24 heavy (non-hydrogen) atoms. The number of aromatic amines is 1. The van der Waals surface area contributed by atoms with E-state index < -0.39 is 11.9 Å². The quantitative estimate of drug-likeness (QED) is 0.690. The number of nitrogens with one attached hydrogen (secondary N) is 1. The van der Waals surface area contributed by atoms with Crippen LogP contribution in [0.2, 0.25) is 0 Å². The highest BCUT2D eigenvalue weighted by atomic mass is 16.4. The summed E-state index contributed by atoms with van der Waals surface area (Å²) in [4.78, 5) is 25.3. The summed E-state index contributed by atoms with van der Waals surface area (Å²) in [6.45, 7) is 0.